The summed E-state index contributed by atoms with van der Waals surface area (Å²) in [5, 5.41) is 2.95. The highest BCUT2D eigenvalue weighted by molar-refractivity contribution is 5.97. The van der Waals surface area contributed by atoms with Gasteiger partial charge in [-0.3, -0.25) is 9.59 Å². The van der Waals surface area contributed by atoms with Crippen LogP contribution in [-0.4, -0.2) is 48.6 Å². The second-order valence-electron chi connectivity index (χ2n) is 6.20. The van der Waals surface area contributed by atoms with Crippen LogP contribution in [0.4, 0.5) is 0 Å². The van der Waals surface area contributed by atoms with Gasteiger partial charge in [-0.2, -0.15) is 0 Å². The molecule has 0 radical (unpaired) electrons. The number of hydrogen-bond donors (Lipinski definition) is 1. The molecule has 20 heavy (non-hydrogen) atoms. The molecule has 1 saturated heterocycles. The van der Waals surface area contributed by atoms with Gasteiger partial charge < -0.3 is 15.0 Å². The smallest absolute Gasteiger partial charge is 0.246 e. The van der Waals surface area contributed by atoms with Gasteiger partial charge in [-0.25, -0.2) is 0 Å². The molecule has 114 valence electrons. The van der Waals surface area contributed by atoms with Crippen LogP contribution in [0.1, 0.15) is 40.0 Å². The van der Waals surface area contributed by atoms with Crippen LogP contribution in [0.3, 0.4) is 0 Å². The third kappa shape index (κ3) is 2.82. The molecule has 2 aliphatic rings. The summed E-state index contributed by atoms with van der Waals surface area (Å²) in [6.45, 7) is 6.50. The van der Waals surface area contributed by atoms with Gasteiger partial charge in [0.25, 0.3) is 0 Å². The van der Waals surface area contributed by atoms with E-state index in [4.69, 9.17) is 4.74 Å². The van der Waals surface area contributed by atoms with Crippen molar-refractivity contribution < 1.29 is 14.3 Å². The van der Waals surface area contributed by atoms with Crippen molar-refractivity contribution in [2.75, 3.05) is 13.7 Å². The predicted octanol–water partition coefficient (Wildman–Crippen LogP) is 1.17. The van der Waals surface area contributed by atoms with E-state index in [2.05, 4.69) is 12.2 Å². The third-order valence-electron chi connectivity index (χ3n) is 4.55. The number of nitrogens with zero attached hydrogens (tertiary/aromatic N) is 1. The Morgan fingerprint density at radius 2 is 2.00 bits per heavy atom. The van der Waals surface area contributed by atoms with Crippen LogP contribution in [0.2, 0.25) is 0 Å². The van der Waals surface area contributed by atoms with E-state index >= 15 is 0 Å². The summed E-state index contributed by atoms with van der Waals surface area (Å²) >= 11 is 0. The molecule has 1 N–H and O–H groups in total. The molecule has 4 atom stereocenters. The standard InChI is InChI=1S/C15H26N2O3/c1-5-9(2)13-14(18)16-12(11-6-7-11)15(19)17(13)10(3)8-20-4/h9-13H,5-8H2,1-4H3,(H,16,18). The first kappa shape index (κ1) is 15.3. The molecule has 0 aromatic heterocycles. The molecule has 4 unspecified atom stereocenters. The molecule has 0 aromatic carbocycles. The van der Waals surface area contributed by atoms with Crippen molar-refractivity contribution in [3.63, 3.8) is 0 Å². The number of piperazine rings is 1. The quantitative estimate of drug-likeness (QED) is 0.795. The molecule has 5 nitrogen and oxygen atoms in total. The lowest BCUT2D eigenvalue weighted by molar-refractivity contribution is -0.156. The highest BCUT2D eigenvalue weighted by atomic mass is 16.5. The van der Waals surface area contributed by atoms with Gasteiger partial charge in [-0.05, 0) is 31.6 Å². The van der Waals surface area contributed by atoms with Gasteiger partial charge in [0.15, 0.2) is 0 Å². The highest BCUT2D eigenvalue weighted by Crippen LogP contribution is 2.36. The molecule has 2 fully saturated rings. The number of hydrogen-bond acceptors (Lipinski definition) is 3. The second-order valence-corrected chi connectivity index (χ2v) is 6.20. The summed E-state index contributed by atoms with van der Waals surface area (Å²) < 4.78 is 5.19. The lowest BCUT2D eigenvalue weighted by Gasteiger charge is -2.44. The Morgan fingerprint density at radius 1 is 1.35 bits per heavy atom. The summed E-state index contributed by atoms with van der Waals surface area (Å²) in [7, 11) is 1.63. The molecular weight excluding hydrogens is 256 g/mol. The monoisotopic (exact) mass is 282 g/mol. The molecule has 0 spiro atoms. The maximum atomic E-state index is 12.8. The van der Waals surface area contributed by atoms with Crippen molar-refractivity contribution in [1.29, 1.82) is 0 Å². The normalized spacial score (nSPS) is 30.1. The Morgan fingerprint density at radius 3 is 2.50 bits per heavy atom. The van der Waals surface area contributed by atoms with E-state index in [1.54, 1.807) is 12.0 Å². The topological polar surface area (TPSA) is 58.6 Å². The van der Waals surface area contributed by atoms with Gasteiger partial charge in [-0.15, -0.1) is 0 Å². The van der Waals surface area contributed by atoms with Gasteiger partial charge >= 0.3 is 0 Å². The molecular formula is C15H26N2O3. The minimum absolute atomic E-state index is 0.00111. The maximum absolute atomic E-state index is 12.8. The number of amides is 2. The van der Waals surface area contributed by atoms with E-state index in [-0.39, 0.29) is 35.9 Å². The number of methoxy groups -OCH3 is 1. The van der Waals surface area contributed by atoms with Gasteiger partial charge in [0.05, 0.1) is 12.6 Å². The van der Waals surface area contributed by atoms with Crippen LogP contribution in [0, 0.1) is 11.8 Å². The maximum Gasteiger partial charge on any atom is 0.246 e. The Hall–Kier alpha value is -1.10. The van der Waals surface area contributed by atoms with E-state index in [0.717, 1.165) is 19.3 Å². The first-order valence-electron chi connectivity index (χ1n) is 7.62. The number of carbonyl (C=O) groups excluding carboxylic acids is 2. The molecule has 2 rings (SSSR count). The molecule has 5 heteroatoms. The van der Waals surface area contributed by atoms with Crippen LogP contribution >= 0.6 is 0 Å². The minimum atomic E-state index is -0.368. The SMILES string of the molecule is CCC(C)C1C(=O)NC(C2CC2)C(=O)N1C(C)COC. The van der Waals surface area contributed by atoms with E-state index in [0.29, 0.717) is 12.5 Å². The van der Waals surface area contributed by atoms with Gasteiger partial charge in [0.2, 0.25) is 11.8 Å². The third-order valence-corrected chi connectivity index (χ3v) is 4.55. The fourth-order valence-electron chi connectivity index (χ4n) is 3.04. The number of carbonyl (C=O) groups is 2. The lowest BCUT2D eigenvalue weighted by Crippen LogP contribution is -2.68. The zero-order valence-corrected chi connectivity index (χ0v) is 12.9. The van der Waals surface area contributed by atoms with Gasteiger partial charge in [-0.1, -0.05) is 20.3 Å². The van der Waals surface area contributed by atoms with E-state index in [9.17, 15) is 9.59 Å². The van der Waals surface area contributed by atoms with Crippen molar-refractivity contribution in [1.82, 2.24) is 10.2 Å². The predicted molar refractivity (Wildman–Crippen MR) is 76.1 cm³/mol. The first-order chi connectivity index (χ1) is 9.51. The number of nitrogens with one attached hydrogen (secondary N) is 1. The Labute approximate surface area is 121 Å². The fraction of sp³-hybridized carbons (Fsp3) is 0.867. The zero-order valence-electron chi connectivity index (χ0n) is 12.9. The molecule has 0 aromatic rings. The van der Waals surface area contributed by atoms with Crippen LogP contribution in [-0.2, 0) is 14.3 Å². The Balaban J connectivity index is 2.24. The van der Waals surface area contributed by atoms with Crippen molar-refractivity contribution in [2.24, 2.45) is 11.8 Å². The van der Waals surface area contributed by atoms with Crippen molar-refractivity contribution >= 4 is 11.8 Å². The second kappa shape index (κ2) is 6.12. The first-order valence-corrected chi connectivity index (χ1v) is 7.62. The molecule has 1 heterocycles. The molecule has 0 bridgehead atoms. The van der Waals surface area contributed by atoms with Crippen LogP contribution < -0.4 is 5.32 Å². The van der Waals surface area contributed by atoms with Crippen LogP contribution in [0.5, 0.6) is 0 Å². The van der Waals surface area contributed by atoms with Crippen molar-refractivity contribution in [3.8, 4) is 0 Å². The lowest BCUT2D eigenvalue weighted by atomic mass is 9.91. The van der Waals surface area contributed by atoms with Gasteiger partial charge in [0, 0.05) is 7.11 Å². The molecule has 2 amide bonds. The zero-order chi connectivity index (χ0) is 14.9. The summed E-state index contributed by atoms with van der Waals surface area (Å²) in [5.74, 6) is 0.556. The largest absolute Gasteiger partial charge is 0.383 e. The molecule has 1 aliphatic heterocycles. The molecule has 1 aliphatic carbocycles. The van der Waals surface area contributed by atoms with E-state index in [1.165, 1.54) is 0 Å². The summed E-state index contributed by atoms with van der Waals surface area (Å²) in [4.78, 5) is 27.0. The summed E-state index contributed by atoms with van der Waals surface area (Å²) in [6.07, 6.45) is 2.95. The highest BCUT2D eigenvalue weighted by Gasteiger charge is 2.49. The van der Waals surface area contributed by atoms with Crippen LogP contribution in [0.25, 0.3) is 0 Å². The average molecular weight is 282 g/mol. The Bertz CT molecular complexity index is 381. The average Bonchev–Trinajstić information content (AvgIpc) is 3.24. The number of rotatable bonds is 6. The molecule has 1 saturated carbocycles. The number of ether oxygens (including phenoxy) is 1. The minimum Gasteiger partial charge on any atom is -0.383 e. The van der Waals surface area contributed by atoms with E-state index < -0.39 is 0 Å². The van der Waals surface area contributed by atoms with Crippen molar-refractivity contribution in [3.05, 3.63) is 0 Å². The summed E-state index contributed by atoms with van der Waals surface area (Å²) in [6, 6.07) is -0.756. The van der Waals surface area contributed by atoms with E-state index in [1.807, 2.05) is 13.8 Å². The van der Waals surface area contributed by atoms with Gasteiger partial charge in [0.1, 0.15) is 12.1 Å². The van der Waals surface area contributed by atoms with Crippen molar-refractivity contribution in [2.45, 2.75) is 58.2 Å². The fourth-order valence-corrected chi connectivity index (χ4v) is 3.04. The summed E-state index contributed by atoms with van der Waals surface area (Å²) in [5.41, 5.74) is 0. The Kier molecular flexibility index (Phi) is 4.68. The van der Waals surface area contributed by atoms with Crippen LogP contribution in [0.15, 0.2) is 0 Å².